The van der Waals surface area contributed by atoms with Crippen LogP contribution in [0.3, 0.4) is 0 Å². The Labute approximate surface area is 308 Å². The van der Waals surface area contributed by atoms with E-state index in [1.807, 2.05) is 0 Å². The van der Waals surface area contributed by atoms with E-state index >= 15 is 0 Å². The smallest absolute Gasteiger partial charge is 0.235 e. The molecular formula is C50H28N4. The van der Waals surface area contributed by atoms with Crippen LogP contribution >= 0.6 is 0 Å². The van der Waals surface area contributed by atoms with E-state index < -0.39 is 0 Å². The third-order valence-electron chi connectivity index (χ3n) is 11.8. The number of nitrogens with zero attached hydrogens (tertiary/aromatic N) is 4. The highest BCUT2D eigenvalue weighted by atomic mass is 15.2. The zero-order valence-electron chi connectivity index (χ0n) is 29.0. The second-order valence-electron chi connectivity index (χ2n) is 14.5. The summed E-state index contributed by atoms with van der Waals surface area (Å²) in [5.41, 5.74) is 11.2. The standard InChI is InChI=1S/C50H28N4/c1-2-14-34(15-3-1)53-40-25-23-31-13-8-17-36-37-18-9-19-39-44(37)46-42(27-26-41(53)47(46)45(40)43(31)36)54(39)50-51-48(33-21-20-29-10-4-5-12-32(29)28-33)38-24-22-30-11-6-7-16-35(30)49(38)52-50/h1-28H. The molecule has 4 nitrogen and oxygen atoms in total. The van der Waals surface area contributed by atoms with Gasteiger partial charge in [-0.1, -0.05) is 121 Å². The molecule has 0 radical (unpaired) electrons. The molecule has 0 saturated carbocycles. The second-order valence-corrected chi connectivity index (χ2v) is 14.5. The molecule has 54 heavy (non-hydrogen) atoms. The highest BCUT2D eigenvalue weighted by Crippen LogP contribution is 2.51. The predicted molar refractivity (Wildman–Crippen MR) is 225 cm³/mol. The van der Waals surface area contributed by atoms with Crippen LogP contribution in [0.1, 0.15) is 0 Å². The van der Waals surface area contributed by atoms with Crippen molar-refractivity contribution < 1.29 is 0 Å². The Morgan fingerprint density at radius 2 is 0.963 bits per heavy atom. The maximum absolute atomic E-state index is 5.55. The molecule has 3 heterocycles. The third-order valence-corrected chi connectivity index (χ3v) is 11.8. The lowest BCUT2D eigenvalue weighted by Crippen LogP contribution is -2.04. The molecule has 0 bridgehead atoms. The summed E-state index contributed by atoms with van der Waals surface area (Å²) in [4.78, 5) is 11.1. The summed E-state index contributed by atoms with van der Waals surface area (Å²) in [6.07, 6.45) is 0. The summed E-state index contributed by atoms with van der Waals surface area (Å²) in [6, 6.07) is 61.6. The molecule has 3 aromatic heterocycles. The van der Waals surface area contributed by atoms with Gasteiger partial charge in [-0.25, -0.2) is 9.97 Å². The molecule has 0 fully saturated rings. The second kappa shape index (κ2) is 10.2. The molecule has 0 unspecified atom stereocenters. The molecule has 0 amide bonds. The summed E-state index contributed by atoms with van der Waals surface area (Å²) in [7, 11) is 0. The van der Waals surface area contributed by atoms with Crippen molar-refractivity contribution in [3.63, 3.8) is 0 Å². The van der Waals surface area contributed by atoms with Crippen molar-refractivity contribution in [2.45, 2.75) is 0 Å². The lowest BCUT2D eigenvalue weighted by Gasteiger charge is -2.14. The fourth-order valence-electron chi connectivity index (χ4n) is 9.54. The lowest BCUT2D eigenvalue weighted by atomic mass is 9.95. The fourth-order valence-corrected chi connectivity index (χ4v) is 9.54. The van der Waals surface area contributed by atoms with E-state index in [9.17, 15) is 0 Å². The van der Waals surface area contributed by atoms with Crippen molar-refractivity contribution in [3.05, 3.63) is 170 Å². The zero-order chi connectivity index (χ0) is 35.1. The van der Waals surface area contributed by atoms with Crippen LogP contribution in [-0.4, -0.2) is 19.1 Å². The monoisotopic (exact) mass is 684 g/mol. The SMILES string of the molecule is c1ccc(-n2c3ccc4cccc5c4c3c3c4c6c-5cccc6n(-c5nc(-c6ccc7ccccc7c6)c6ccc7ccccc7c6n5)c4ccc32)cc1. The van der Waals surface area contributed by atoms with Gasteiger partial charge in [0.25, 0.3) is 0 Å². The first kappa shape index (κ1) is 28.3. The Hall–Kier alpha value is -7.30. The van der Waals surface area contributed by atoms with Crippen LogP contribution in [0.5, 0.6) is 0 Å². The Balaban J connectivity index is 1.22. The van der Waals surface area contributed by atoms with Crippen molar-refractivity contribution in [1.82, 2.24) is 19.1 Å². The minimum atomic E-state index is 0.671. The zero-order valence-corrected chi connectivity index (χ0v) is 29.0. The Morgan fingerprint density at radius 1 is 0.352 bits per heavy atom. The van der Waals surface area contributed by atoms with Gasteiger partial charge in [-0.05, 0) is 86.6 Å². The van der Waals surface area contributed by atoms with Crippen LogP contribution in [0.15, 0.2) is 170 Å². The number of hydrogen-bond donors (Lipinski definition) is 0. The fraction of sp³-hybridized carbons (Fsp3) is 0. The molecule has 0 aliphatic heterocycles. The Bertz CT molecular complexity index is 3610. The van der Waals surface area contributed by atoms with Gasteiger partial charge >= 0.3 is 0 Å². The van der Waals surface area contributed by atoms with Gasteiger partial charge in [0.2, 0.25) is 5.95 Å². The van der Waals surface area contributed by atoms with E-state index in [0.717, 1.165) is 49.7 Å². The Morgan fingerprint density at radius 3 is 1.83 bits per heavy atom. The van der Waals surface area contributed by atoms with Gasteiger partial charge in [0.1, 0.15) is 0 Å². The van der Waals surface area contributed by atoms with Crippen molar-refractivity contribution in [2.75, 3.05) is 0 Å². The van der Waals surface area contributed by atoms with Crippen LogP contribution in [0.25, 0.3) is 121 Å². The number of hydrogen-bond acceptors (Lipinski definition) is 2. The average molecular weight is 685 g/mol. The van der Waals surface area contributed by atoms with E-state index in [4.69, 9.17) is 9.97 Å². The summed E-state index contributed by atoms with van der Waals surface area (Å²) < 4.78 is 4.76. The third kappa shape index (κ3) is 3.57. The van der Waals surface area contributed by atoms with E-state index in [0.29, 0.717) is 5.95 Å². The minimum Gasteiger partial charge on any atom is -0.309 e. The lowest BCUT2D eigenvalue weighted by molar-refractivity contribution is 1.02. The van der Waals surface area contributed by atoms with E-state index in [-0.39, 0.29) is 0 Å². The average Bonchev–Trinajstić information content (AvgIpc) is 3.72. The molecule has 1 aliphatic rings. The van der Waals surface area contributed by atoms with Gasteiger partial charge in [-0.15, -0.1) is 0 Å². The van der Waals surface area contributed by atoms with E-state index in [1.54, 1.807) is 0 Å². The summed E-state index contributed by atoms with van der Waals surface area (Å²) in [5.74, 6) is 0.671. The molecule has 4 heteroatoms. The molecule has 0 spiro atoms. The van der Waals surface area contributed by atoms with Gasteiger partial charge < -0.3 is 4.57 Å². The normalized spacial score (nSPS) is 12.4. The number of benzene rings is 9. The topological polar surface area (TPSA) is 35.6 Å². The number of aromatic nitrogens is 4. The van der Waals surface area contributed by atoms with E-state index in [1.165, 1.54) is 65.3 Å². The minimum absolute atomic E-state index is 0.671. The van der Waals surface area contributed by atoms with Crippen LogP contribution in [-0.2, 0) is 0 Å². The first-order valence-corrected chi connectivity index (χ1v) is 18.5. The van der Waals surface area contributed by atoms with Crippen LogP contribution < -0.4 is 0 Å². The highest BCUT2D eigenvalue weighted by molar-refractivity contribution is 6.38. The number of para-hydroxylation sites is 1. The van der Waals surface area contributed by atoms with Crippen LogP contribution in [0.4, 0.5) is 0 Å². The maximum atomic E-state index is 5.55. The van der Waals surface area contributed by atoms with Crippen LogP contribution in [0.2, 0.25) is 0 Å². The van der Waals surface area contributed by atoms with Crippen molar-refractivity contribution in [2.24, 2.45) is 0 Å². The highest BCUT2D eigenvalue weighted by Gasteiger charge is 2.28. The molecule has 13 rings (SSSR count). The quantitative estimate of drug-likeness (QED) is 0.174. The van der Waals surface area contributed by atoms with Crippen molar-refractivity contribution >= 4 is 86.8 Å². The molecule has 1 aliphatic carbocycles. The first-order valence-electron chi connectivity index (χ1n) is 18.5. The summed E-state index contributed by atoms with van der Waals surface area (Å²) in [5, 5.41) is 13.3. The predicted octanol–water partition coefficient (Wildman–Crippen LogP) is 12.9. The molecule has 0 atom stereocenters. The van der Waals surface area contributed by atoms with Gasteiger partial charge in [0, 0.05) is 43.6 Å². The van der Waals surface area contributed by atoms with Crippen molar-refractivity contribution in [3.8, 4) is 34.0 Å². The van der Waals surface area contributed by atoms with Crippen molar-refractivity contribution in [1.29, 1.82) is 0 Å². The largest absolute Gasteiger partial charge is 0.309 e. The summed E-state index contributed by atoms with van der Waals surface area (Å²) in [6.45, 7) is 0. The number of rotatable bonds is 3. The molecule has 9 aromatic carbocycles. The van der Waals surface area contributed by atoms with Crippen LogP contribution in [0, 0.1) is 0 Å². The molecule has 0 N–H and O–H groups in total. The first-order chi connectivity index (χ1) is 26.8. The van der Waals surface area contributed by atoms with Gasteiger partial charge in [-0.3, -0.25) is 4.57 Å². The molecular weight excluding hydrogens is 657 g/mol. The maximum Gasteiger partial charge on any atom is 0.235 e. The van der Waals surface area contributed by atoms with Gasteiger partial charge in [0.05, 0.1) is 33.3 Å². The summed E-state index contributed by atoms with van der Waals surface area (Å²) >= 11 is 0. The number of fused-ring (bicyclic) bond motifs is 5. The van der Waals surface area contributed by atoms with E-state index in [2.05, 4.69) is 179 Å². The molecule has 0 saturated heterocycles. The molecule has 12 aromatic rings. The Kier molecular flexibility index (Phi) is 5.34. The van der Waals surface area contributed by atoms with Gasteiger partial charge in [-0.2, -0.15) is 0 Å². The molecule has 248 valence electrons. The van der Waals surface area contributed by atoms with Gasteiger partial charge in [0.15, 0.2) is 0 Å².